The Balaban J connectivity index is 1.27. The maximum atomic E-state index is 12.9. The van der Waals surface area contributed by atoms with E-state index < -0.39 is 23.6 Å². The number of fused-ring (bicyclic) bond motifs is 1. The van der Waals surface area contributed by atoms with Crippen LogP contribution < -0.4 is 15.5 Å². The van der Waals surface area contributed by atoms with Crippen molar-refractivity contribution >= 4 is 35.4 Å². The predicted molar refractivity (Wildman–Crippen MR) is 139 cm³/mol. The number of piperazine rings is 1. The molecule has 2 saturated heterocycles. The van der Waals surface area contributed by atoms with Crippen molar-refractivity contribution in [3.05, 3.63) is 29.3 Å². The van der Waals surface area contributed by atoms with Crippen molar-refractivity contribution in [2.45, 2.75) is 65.1 Å². The van der Waals surface area contributed by atoms with Crippen LogP contribution in [0.25, 0.3) is 0 Å². The molecule has 4 rings (SSSR count). The van der Waals surface area contributed by atoms with Crippen molar-refractivity contribution in [1.82, 2.24) is 20.4 Å². The van der Waals surface area contributed by atoms with Gasteiger partial charge in [-0.15, -0.1) is 0 Å². The van der Waals surface area contributed by atoms with Crippen molar-refractivity contribution < 1.29 is 28.7 Å². The summed E-state index contributed by atoms with van der Waals surface area (Å²) in [5.41, 5.74) is 1.86. The summed E-state index contributed by atoms with van der Waals surface area (Å²) in [6, 6.07) is 5.07. The predicted octanol–water partition coefficient (Wildman–Crippen LogP) is 1.65. The maximum Gasteiger partial charge on any atom is 0.407 e. The van der Waals surface area contributed by atoms with E-state index in [9.17, 15) is 24.0 Å². The Morgan fingerprint density at radius 2 is 1.84 bits per heavy atom. The third kappa shape index (κ3) is 6.25. The zero-order valence-electron chi connectivity index (χ0n) is 22.5. The Bertz CT molecular complexity index is 1120. The lowest BCUT2D eigenvalue weighted by atomic mass is 10.0. The number of alkyl carbamates (subject to hydrolysis) is 1. The van der Waals surface area contributed by atoms with Crippen LogP contribution in [0.5, 0.6) is 0 Å². The van der Waals surface area contributed by atoms with E-state index in [-0.39, 0.29) is 30.1 Å². The average Bonchev–Trinajstić information content (AvgIpc) is 3.18. The van der Waals surface area contributed by atoms with E-state index in [1.54, 1.807) is 31.7 Å². The minimum Gasteiger partial charge on any atom is -0.444 e. The Hall–Kier alpha value is -3.63. The molecule has 1 aromatic carbocycles. The number of nitrogens with one attached hydrogen (secondary N) is 2. The van der Waals surface area contributed by atoms with Gasteiger partial charge in [-0.05, 0) is 57.4 Å². The molecule has 2 atom stereocenters. The van der Waals surface area contributed by atoms with Crippen LogP contribution in [-0.2, 0) is 25.7 Å². The molecule has 1 unspecified atom stereocenters. The fourth-order valence-corrected chi connectivity index (χ4v) is 5.08. The maximum absolute atomic E-state index is 12.9. The summed E-state index contributed by atoms with van der Waals surface area (Å²) < 4.78 is 5.23. The monoisotopic (exact) mass is 527 g/mol. The first kappa shape index (κ1) is 27.4. The van der Waals surface area contributed by atoms with Gasteiger partial charge in [0.15, 0.2) is 0 Å². The normalized spacial score (nSPS) is 20.7. The molecule has 1 aromatic rings. The first-order valence-electron chi connectivity index (χ1n) is 13.2. The lowest BCUT2D eigenvalue weighted by Crippen LogP contribution is -2.52. The number of nitrogens with zero attached hydrogens (tertiary/aromatic N) is 3. The van der Waals surface area contributed by atoms with Crippen LogP contribution in [0.4, 0.5) is 10.5 Å². The van der Waals surface area contributed by atoms with Crippen molar-refractivity contribution in [1.29, 1.82) is 0 Å². The summed E-state index contributed by atoms with van der Waals surface area (Å²) in [4.78, 5) is 67.0. The van der Waals surface area contributed by atoms with Gasteiger partial charge in [-0.25, -0.2) is 4.79 Å². The Labute approximate surface area is 222 Å². The number of carbonyl (C=O) groups is 5. The largest absolute Gasteiger partial charge is 0.444 e. The number of hydrogen-bond donors (Lipinski definition) is 2. The van der Waals surface area contributed by atoms with Gasteiger partial charge in [-0.2, -0.15) is 0 Å². The van der Waals surface area contributed by atoms with Gasteiger partial charge in [0.1, 0.15) is 11.6 Å². The molecule has 3 heterocycles. The van der Waals surface area contributed by atoms with Gasteiger partial charge in [0, 0.05) is 62.9 Å². The van der Waals surface area contributed by atoms with Crippen LogP contribution in [0.1, 0.15) is 62.9 Å². The summed E-state index contributed by atoms with van der Waals surface area (Å²) in [5, 5.41) is 5.03. The summed E-state index contributed by atoms with van der Waals surface area (Å²) in [6.45, 7) is 10.5. The molecule has 0 bridgehead atoms. The molecule has 5 amide bonds. The van der Waals surface area contributed by atoms with E-state index in [0.29, 0.717) is 57.7 Å². The summed E-state index contributed by atoms with van der Waals surface area (Å²) in [6.07, 6.45) is 0.606. The molecule has 11 heteroatoms. The number of benzene rings is 1. The molecule has 206 valence electrons. The second-order valence-corrected chi connectivity index (χ2v) is 11.2. The smallest absolute Gasteiger partial charge is 0.407 e. The molecule has 0 aliphatic carbocycles. The topological polar surface area (TPSA) is 128 Å². The highest BCUT2D eigenvalue weighted by Crippen LogP contribution is 2.31. The minimum absolute atomic E-state index is 0.0649. The van der Waals surface area contributed by atoms with E-state index in [1.807, 2.05) is 24.0 Å². The third-order valence-corrected chi connectivity index (χ3v) is 7.13. The summed E-state index contributed by atoms with van der Waals surface area (Å²) in [5.74, 6) is -1.07. The van der Waals surface area contributed by atoms with E-state index in [0.717, 1.165) is 11.3 Å². The second-order valence-electron chi connectivity index (χ2n) is 11.2. The van der Waals surface area contributed by atoms with Crippen molar-refractivity contribution in [2.24, 2.45) is 5.92 Å². The highest BCUT2D eigenvalue weighted by Gasteiger charge is 2.39. The Morgan fingerprint density at radius 1 is 1.13 bits per heavy atom. The molecule has 3 aliphatic heterocycles. The van der Waals surface area contributed by atoms with Crippen LogP contribution in [0.3, 0.4) is 0 Å². The van der Waals surface area contributed by atoms with Crippen LogP contribution in [0, 0.1) is 5.92 Å². The SMILES string of the molecule is C[C@@H](CCNC(=O)OC(C)(C)C)C(=O)N1CCN(c2ccc3c(c2)CN(C2CCC(=O)NC2=O)C3=O)CC1. The van der Waals surface area contributed by atoms with E-state index in [4.69, 9.17) is 4.74 Å². The van der Waals surface area contributed by atoms with Gasteiger partial charge in [0.2, 0.25) is 17.7 Å². The van der Waals surface area contributed by atoms with Gasteiger partial charge < -0.3 is 24.8 Å². The van der Waals surface area contributed by atoms with Crippen molar-refractivity contribution in [3.8, 4) is 0 Å². The molecule has 0 radical (unpaired) electrons. The lowest BCUT2D eigenvalue weighted by molar-refractivity contribution is -0.137. The molecule has 3 aliphatic rings. The average molecular weight is 528 g/mol. The number of anilines is 1. The zero-order valence-corrected chi connectivity index (χ0v) is 22.5. The molecular formula is C27H37N5O6. The quantitative estimate of drug-likeness (QED) is 0.539. The Morgan fingerprint density at radius 3 is 2.50 bits per heavy atom. The fourth-order valence-electron chi connectivity index (χ4n) is 5.08. The van der Waals surface area contributed by atoms with Crippen LogP contribution in [0.2, 0.25) is 0 Å². The number of piperidine rings is 1. The fraction of sp³-hybridized carbons (Fsp3) is 0.593. The van der Waals surface area contributed by atoms with Gasteiger partial charge in [0.05, 0.1) is 0 Å². The van der Waals surface area contributed by atoms with Gasteiger partial charge in [-0.1, -0.05) is 6.92 Å². The lowest BCUT2D eigenvalue weighted by Gasteiger charge is -2.37. The number of ether oxygens (including phenoxy) is 1. The third-order valence-electron chi connectivity index (χ3n) is 7.13. The van der Waals surface area contributed by atoms with Crippen LogP contribution in [-0.4, -0.2) is 83.9 Å². The number of imide groups is 1. The van der Waals surface area contributed by atoms with E-state index in [2.05, 4.69) is 15.5 Å². The van der Waals surface area contributed by atoms with E-state index >= 15 is 0 Å². The Kier molecular flexibility index (Phi) is 7.94. The van der Waals surface area contributed by atoms with Crippen LogP contribution in [0.15, 0.2) is 18.2 Å². The second kappa shape index (κ2) is 11.0. The van der Waals surface area contributed by atoms with Crippen molar-refractivity contribution in [2.75, 3.05) is 37.6 Å². The van der Waals surface area contributed by atoms with Gasteiger partial charge >= 0.3 is 6.09 Å². The molecule has 0 saturated carbocycles. The highest BCUT2D eigenvalue weighted by molar-refractivity contribution is 6.05. The number of rotatable bonds is 6. The number of amides is 5. The number of carbonyl (C=O) groups excluding carboxylic acids is 5. The summed E-state index contributed by atoms with van der Waals surface area (Å²) >= 11 is 0. The first-order valence-corrected chi connectivity index (χ1v) is 13.2. The molecule has 2 fully saturated rings. The van der Waals surface area contributed by atoms with Crippen LogP contribution >= 0.6 is 0 Å². The molecule has 2 N–H and O–H groups in total. The van der Waals surface area contributed by atoms with E-state index in [1.165, 1.54) is 0 Å². The standard InChI is InChI=1S/C27H37N5O6/c1-17(9-10-28-26(37)38-27(2,3)4)24(35)31-13-11-30(12-14-31)19-5-6-20-18(15-19)16-32(25(20)36)21-7-8-22(33)29-23(21)34/h5-6,15,17,21H,7-14,16H2,1-4H3,(H,28,37)(H,29,33,34)/t17-,21?/m0/s1. The summed E-state index contributed by atoms with van der Waals surface area (Å²) in [7, 11) is 0. The molecule has 11 nitrogen and oxygen atoms in total. The molecular weight excluding hydrogens is 490 g/mol. The highest BCUT2D eigenvalue weighted by atomic mass is 16.6. The zero-order chi connectivity index (χ0) is 27.6. The van der Waals surface area contributed by atoms with Crippen molar-refractivity contribution in [3.63, 3.8) is 0 Å². The molecule has 0 spiro atoms. The minimum atomic E-state index is -0.632. The van der Waals surface area contributed by atoms with Gasteiger partial charge in [0.25, 0.3) is 5.91 Å². The molecule has 38 heavy (non-hydrogen) atoms. The molecule has 0 aromatic heterocycles. The number of hydrogen-bond acceptors (Lipinski definition) is 7. The first-order chi connectivity index (χ1) is 17.9. The van der Waals surface area contributed by atoms with Gasteiger partial charge in [-0.3, -0.25) is 24.5 Å².